The highest BCUT2D eigenvalue weighted by Crippen LogP contribution is 2.28. The summed E-state index contributed by atoms with van der Waals surface area (Å²) in [4.78, 5) is 29.8. The minimum atomic E-state index is -0.725. The number of rotatable bonds is 7. The topological polar surface area (TPSA) is 126 Å². The molecular weight excluding hydrogens is 460 g/mol. The van der Waals surface area contributed by atoms with Gasteiger partial charge in [0.25, 0.3) is 0 Å². The van der Waals surface area contributed by atoms with Gasteiger partial charge in [0.1, 0.15) is 11.4 Å². The first kappa shape index (κ1) is 29.0. The smallest absolute Gasteiger partial charge is 0.412 e. The summed E-state index contributed by atoms with van der Waals surface area (Å²) in [7, 11) is 1.29. The number of hydrogen-bond acceptors (Lipinski definition) is 7. The number of carbonyl (C=O) groups is 2. The van der Waals surface area contributed by atoms with Crippen LogP contribution >= 0.6 is 11.6 Å². The van der Waals surface area contributed by atoms with Crippen LogP contribution in [0, 0.1) is 11.8 Å². The van der Waals surface area contributed by atoms with E-state index in [1.165, 1.54) is 7.11 Å². The molecule has 2 aromatic heterocycles. The van der Waals surface area contributed by atoms with E-state index in [4.69, 9.17) is 22.1 Å². The normalized spacial score (nSPS) is 11.7. The lowest BCUT2D eigenvalue weighted by Gasteiger charge is -2.16. The Hall–Kier alpha value is -3.07. The highest BCUT2D eigenvalue weighted by atomic mass is 35.5. The number of carbonyl (C=O) groups excluding carboxylic acids is 2. The predicted octanol–water partition coefficient (Wildman–Crippen LogP) is 5.92. The molecule has 0 radical (unpaired) electrons. The van der Waals surface area contributed by atoms with Crippen LogP contribution in [0.5, 0.6) is 5.75 Å². The first-order chi connectivity index (χ1) is 15.8. The number of amides is 2. The fourth-order valence-electron chi connectivity index (χ4n) is 2.91. The van der Waals surface area contributed by atoms with Crippen LogP contribution in [0.15, 0.2) is 30.5 Å². The molecule has 0 aromatic carbocycles. The second-order valence-corrected chi connectivity index (χ2v) is 9.47. The minimum Gasteiger partial charge on any atom is -0.490 e. The summed E-state index contributed by atoms with van der Waals surface area (Å²) in [6, 6.07) is 7.11. The number of primary amides is 1. The van der Waals surface area contributed by atoms with E-state index in [0.717, 1.165) is 12.0 Å². The number of anilines is 1. The molecule has 2 aromatic rings. The monoisotopic (exact) mass is 494 g/mol. The second-order valence-electron chi connectivity index (χ2n) is 9.11. The van der Waals surface area contributed by atoms with Gasteiger partial charge in [-0.25, -0.2) is 19.6 Å². The largest absolute Gasteiger partial charge is 0.490 e. The van der Waals surface area contributed by atoms with Crippen LogP contribution in [-0.4, -0.2) is 41.5 Å². The van der Waals surface area contributed by atoms with Gasteiger partial charge in [-0.15, -0.1) is 0 Å². The molecular formula is C24H35ClN4O5. The number of methoxy groups -OCH3 is 1. The molecule has 2 heterocycles. The number of nitrogens with zero attached hydrogens (tertiary/aromatic N) is 2. The third kappa shape index (κ3) is 11.7. The Morgan fingerprint density at radius 1 is 1.18 bits per heavy atom. The predicted molar refractivity (Wildman–Crippen MR) is 133 cm³/mol. The van der Waals surface area contributed by atoms with Gasteiger partial charge in [-0.1, -0.05) is 32.4 Å². The Morgan fingerprint density at radius 3 is 2.35 bits per heavy atom. The summed E-state index contributed by atoms with van der Waals surface area (Å²) in [6.07, 6.45) is 1.36. The molecule has 1 atom stereocenters. The van der Waals surface area contributed by atoms with Gasteiger partial charge in [-0.05, 0) is 63.3 Å². The van der Waals surface area contributed by atoms with Gasteiger partial charge in [0, 0.05) is 11.8 Å². The van der Waals surface area contributed by atoms with Crippen molar-refractivity contribution >= 4 is 29.6 Å². The van der Waals surface area contributed by atoms with Gasteiger partial charge in [0.2, 0.25) is 0 Å². The summed E-state index contributed by atoms with van der Waals surface area (Å²) < 4.78 is 14.9. The first-order valence-electron chi connectivity index (χ1n) is 10.9. The van der Waals surface area contributed by atoms with Crippen LogP contribution < -0.4 is 15.8 Å². The fourth-order valence-corrected chi connectivity index (χ4v) is 3.12. The SMILES string of the molecule is CC(C)(C)OC(N)=O.COC(=O)Nc1cc(-c2ccc(OCC(C)CC(C)C)c(Cl)n2)ccn1. The maximum absolute atomic E-state index is 11.3. The van der Waals surface area contributed by atoms with Crippen molar-refractivity contribution in [3.05, 3.63) is 35.6 Å². The Labute approximate surface area is 206 Å². The summed E-state index contributed by atoms with van der Waals surface area (Å²) in [5, 5.41) is 2.82. The standard InChI is InChI=1S/C19H24ClN3O3.C5H11NO2/c1-12(2)9-13(3)11-26-16-6-5-15(22-18(16)20)14-7-8-21-17(10-14)23-19(24)25-4;1-5(2,3)8-4(6)7/h5-8,10,12-13H,9,11H2,1-4H3,(H,21,23,24);1-3H3,(H2,6,7). The van der Waals surface area contributed by atoms with Crippen molar-refractivity contribution in [2.24, 2.45) is 17.6 Å². The van der Waals surface area contributed by atoms with Crippen LogP contribution in [0.2, 0.25) is 5.15 Å². The van der Waals surface area contributed by atoms with E-state index < -0.39 is 17.8 Å². The number of nitrogens with one attached hydrogen (secondary N) is 1. The van der Waals surface area contributed by atoms with Crippen molar-refractivity contribution in [2.45, 2.75) is 53.6 Å². The van der Waals surface area contributed by atoms with Crippen molar-refractivity contribution in [3.8, 4) is 17.0 Å². The highest BCUT2D eigenvalue weighted by molar-refractivity contribution is 6.31. The third-order valence-corrected chi connectivity index (χ3v) is 4.36. The molecule has 9 nitrogen and oxygen atoms in total. The maximum atomic E-state index is 11.3. The Kier molecular flexibility index (Phi) is 11.6. The van der Waals surface area contributed by atoms with Gasteiger partial charge >= 0.3 is 12.2 Å². The lowest BCUT2D eigenvalue weighted by atomic mass is 10.00. The number of halogens is 1. The molecule has 3 N–H and O–H groups in total. The van der Waals surface area contributed by atoms with Crippen molar-refractivity contribution in [1.29, 1.82) is 0 Å². The molecule has 0 saturated carbocycles. The summed E-state index contributed by atoms with van der Waals surface area (Å²) in [5.41, 5.74) is 5.70. The van der Waals surface area contributed by atoms with E-state index in [1.54, 1.807) is 45.2 Å². The molecule has 0 aliphatic rings. The second kappa shape index (κ2) is 13.6. The summed E-state index contributed by atoms with van der Waals surface area (Å²) in [5.74, 6) is 2.00. The Bertz CT molecular complexity index is 947. The summed E-state index contributed by atoms with van der Waals surface area (Å²) >= 11 is 6.27. The molecule has 188 valence electrons. The van der Waals surface area contributed by atoms with E-state index in [2.05, 4.69) is 45.5 Å². The van der Waals surface area contributed by atoms with Gasteiger partial charge < -0.3 is 19.9 Å². The van der Waals surface area contributed by atoms with Crippen LogP contribution in [0.3, 0.4) is 0 Å². The van der Waals surface area contributed by atoms with Crippen LogP contribution in [0.4, 0.5) is 15.4 Å². The highest BCUT2D eigenvalue weighted by Gasteiger charge is 2.13. The molecule has 2 rings (SSSR count). The zero-order valence-corrected chi connectivity index (χ0v) is 21.6. The maximum Gasteiger partial charge on any atom is 0.412 e. The van der Waals surface area contributed by atoms with E-state index in [1.807, 2.05) is 6.07 Å². The molecule has 0 aliphatic carbocycles. The molecule has 10 heteroatoms. The average Bonchev–Trinajstić information content (AvgIpc) is 2.71. The van der Waals surface area contributed by atoms with Crippen LogP contribution in [0.25, 0.3) is 11.3 Å². The molecule has 0 bridgehead atoms. The van der Waals surface area contributed by atoms with Gasteiger partial charge in [-0.2, -0.15) is 0 Å². The van der Waals surface area contributed by atoms with Crippen molar-refractivity contribution < 1.29 is 23.8 Å². The van der Waals surface area contributed by atoms with Gasteiger partial charge in [0.05, 0.1) is 19.4 Å². The molecule has 0 fully saturated rings. The van der Waals surface area contributed by atoms with Crippen LogP contribution in [-0.2, 0) is 9.47 Å². The van der Waals surface area contributed by atoms with Gasteiger partial charge in [-0.3, -0.25) is 5.32 Å². The number of nitrogens with two attached hydrogens (primary N) is 1. The fraction of sp³-hybridized carbons (Fsp3) is 0.500. The van der Waals surface area contributed by atoms with Crippen molar-refractivity contribution in [1.82, 2.24) is 9.97 Å². The van der Waals surface area contributed by atoms with E-state index >= 15 is 0 Å². The molecule has 2 amide bonds. The third-order valence-electron chi connectivity index (χ3n) is 4.09. The zero-order chi connectivity index (χ0) is 25.9. The summed E-state index contributed by atoms with van der Waals surface area (Å²) in [6.45, 7) is 12.4. The Morgan fingerprint density at radius 2 is 1.85 bits per heavy atom. The van der Waals surface area contributed by atoms with Gasteiger partial charge in [0.15, 0.2) is 10.9 Å². The Balaban J connectivity index is 0.000000620. The lowest BCUT2D eigenvalue weighted by Crippen LogP contribution is -2.27. The molecule has 0 aliphatic heterocycles. The molecule has 0 spiro atoms. The van der Waals surface area contributed by atoms with Crippen molar-refractivity contribution in [2.75, 3.05) is 19.0 Å². The minimum absolute atomic E-state index is 0.304. The average molecular weight is 495 g/mol. The number of ether oxygens (including phenoxy) is 3. The van der Waals surface area contributed by atoms with E-state index in [-0.39, 0.29) is 0 Å². The van der Waals surface area contributed by atoms with E-state index in [0.29, 0.717) is 40.9 Å². The number of aromatic nitrogens is 2. The zero-order valence-electron chi connectivity index (χ0n) is 20.8. The number of hydrogen-bond donors (Lipinski definition) is 2. The quantitative estimate of drug-likeness (QED) is 0.457. The van der Waals surface area contributed by atoms with Crippen molar-refractivity contribution in [3.63, 3.8) is 0 Å². The first-order valence-corrected chi connectivity index (χ1v) is 11.3. The molecule has 34 heavy (non-hydrogen) atoms. The van der Waals surface area contributed by atoms with E-state index in [9.17, 15) is 9.59 Å². The van der Waals surface area contributed by atoms with Crippen LogP contribution in [0.1, 0.15) is 48.0 Å². The lowest BCUT2D eigenvalue weighted by molar-refractivity contribution is 0.0600. The molecule has 0 saturated heterocycles. The number of pyridine rings is 2. The molecule has 1 unspecified atom stereocenters.